The molecular formula is C24H21N5OS2. The van der Waals surface area contributed by atoms with Crippen LogP contribution in [0.1, 0.15) is 17.8 Å². The second-order valence-electron chi connectivity index (χ2n) is 7.40. The first-order valence-electron chi connectivity index (χ1n) is 10.4. The van der Waals surface area contributed by atoms with Gasteiger partial charge in [-0.1, -0.05) is 53.8 Å². The molecule has 5 aromatic rings. The number of para-hydroxylation sites is 1. The van der Waals surface area contributed by atoms with Gasteiger partial charge >= 0.3 is 0 Å². The van der Waals surface area contributed by atoms with E-state index in [0.717, 1.165) is 45.3 Å². The van der Waals surface area contributed by atoms with Crippen LogP contribution in [0.4, 0.5) is 5.13 Å². The number of imidazole rings is 1. The van der Waals surface area contributed by atoms with Crippen molar-refractivity contribution in [3.63, 3.8) is 0 Å². The number of anilines is 1. The van der Waals surface area contributed by atoms with Gasteiger partial charge in [-0.2, -0.15) is 0 Å². The van der Waals surface area contributed by atoms with Gasteiger partial charge in [-0.05, 0) is 25.0 Å². The van der Waals surface area contributed by atoms with Crippen LogP contribution in [-0.4, -0.2) is 25.4 Å². The highest BCUT2D eigenvalue weighted by Gasteiger charge is 2.19. The number of aryl methyl sites for hydroxylation is 2. The molecule has 0 saturated heterocycles. The van der Waals surface area contributed by atoms with Crippen molar-refractivity contribution < 1.29 is 4.79 Å². The molecule has 1 N–H and O–H groups in total. The topological polar surface area (TPSA) is 72.7 Å². The molecule has 0 aliphatic heterocycles. The summed E-state index contributed by atoms with van der Waals surface area (Å²) in [5.41, 5.74) is 2.85. The van der Waals surface area contributed by atoms with Gasteiger partial charge in [-0.3, -0.25) is 4.79 Å². The molecule has 8 heteroatoms. The third-order valence-electron chi connectivity index (χ3n) is 5.08. The summed E-state index contributed by atoms with van der Waals surface area (Å²) in [6, 6.07) is 18.1. The zero-order valence-corrected chi connectivity index (χ0v) is 19.1. The van der Waals surface area contributed by atoms with Crippen LogP contribution in [-0.2, 0) is 18.3 Å². The normalized spacial score (nSPS) is 11.2. The highest BCUT2D eigenvalue weighted by atomic mass is 32.1. The van der Waals surface area contributed by atoms with Gasteiger partial charge in [0.1, 0.15) is 0 Å². The number of hydrogen-bond donors (Lipinski definition) is 1. The van der Waals surface area contributed by atoms with E-state index in [0.29, 0.717) is 11.6 Å². The first-order valence-corrected chi connectivity index (χ1v) is 12.0. The second-order valence-corrected chi connectivity index (χ2v) is 9.52. The summed E-state index contributed by atoms with van der Waals surface area (Å²) in [7, 11) is 1.96. The minimum absolute atomic E-state index is 0.0362. The second kappa shape index (κ2) is 9.02. The van der Waals surface area contributed by atoms with E-state index in [9.17, 15) is 4.79 Å². The molecule has 0 fully saturated rings. The Hall–Kier alpha value is -3.36. The molecule has 0 spiro atoms. The maximum atomic E-state index is 12.6. The Morgan fingerprint density at radius 1 is 1.03 bits per heavy atom. The maximum Gasteiger partial charge on any atom is 0.226 e. The molecule has 160 valence electrons. The van der Waals surface area contributed by atoms with Gasteiger partial charge in [0, 0.05) is 31.4 Å². The van der Waals surface area contributed by atoms with Gasteiger partial charge in [0.15, 0.2) is 11.0 Å². The van der Waals surface area contributed by atoms with E-state index in [-0.39, 0.29) is 5.91 Å². The fourth-order valence-corrected chi connectivity index (χ4v) is 5.56. The lowest BCUT2D eigenvalue weighted by molar-refractivity contribution is -0.116. The van der Waals surface area contributed by atoms with Crippen LogP contribution in [0, 0.1) is 0 Å². The van der Waals surface area contributed by atoms with Gasteiger partial charge in [0.2, 0.25) is 5.91 Å². The molecule has 3 aromatic heterocycles. The van der Waals surface area contributed by atoms with Crippen molar-refractivity contribution in [2.45, 2.75) is 19.3 Å². The molecule has 0 aliphatic carbocycles. The number of nitrogens with zero attached hydrogens (tertiary/aromatic N) is 4. The molecule has 1 amide bonds. The summed E-state index contributed by atoms with van der Waals surface area (Å²) in [4.78, 5) is 27.4. The Bertz CT molecular complexity index is 1340. The number of carbonyl (C=O) groups excluding carboxylic acids is 1. The molecule has 0 aliphatic rings. The van der Waals surface area contributed by atoms with Crippen molar-refractivity contribution in [1.29, 1.82) is 0 Å². The number of thiazole rings is 2. The van der Waals surface area contributed by atoms with E-state index < -0.39 is 0 Å². The number of fused-ring (bicyclic) bond motifs is 1. The van der Waals surface area contributed by atoms with Gasteiger partial charge < -0.3 is 9.88 Å². The molecule has 0 radical (unpaired) electrons. The number of nitrogens with one attached hydrogen (secondary N) is 1. The third-order valence-corrected chi connectivity index (χ3v) is 7.14. The fraction of sp³-hybridized carbons (Fsp3) is 0.167. The highest BCUT2D eigenvalue weighted by molar-refractivity contribution is 7.19. The van der Waals surface area contributed by atoms with E-state index in [4.69, 9.17) is 4.98 Å². The van der Waals surface area contributed by atoms with Gasteiger partial charge in [-0.15, -0.1) is 11.3 Å². The molecule has 2 aromatic carbocycles. The number of hydrogen-bond acceptors (Lipinski definition) is 6. The van der Waals surface area contributed by atoms with Crippen molar-refractivity contribution >= 4 is 43.9 Å². The Balaban J connectivity index is 1.28. The lowest BCUT2D eigenvalue weighted by atomic mass is 10.1. The Kier molecular flexibility index (Phi) is 5.79. The van der Waals surface area contributed by atoms with Gasteiger partial charge in [0.25, 0.3) is 0 Å². The molecule has 32 heavy (non-hydrogen) atoms. The standard InChI is InChI=1S/C24H21N5OS2/c1-29-15-14-25-23(29)22-21(16-8-3-2-4-9-16)28-24(32-22)27-19(30)12-7-13-20-26-17-10-5-6-11-18(17)31-20/h2-6,8-11,14-15H,7,12-13H2,1H3,(H,27,28,30). The fourth-order valence-electron chi connectivity index (χ4n) is 3.51. The first kappa shape index (κ1) is 20.5. The van der Waals surface area contributed by atoms with Crippen LogP contribution in [0.3, 0.4) is 0 Å². The zero-order valence-electron chi connectivity index (χ0n) is 17.5. The van der Waals surface area contributed by atoms with Crippen LogP contribution in [0.2, 0.25) is 0 Å². The molecule has 3 heterocycles. The smallest absolute Gasteiger partial charge is 0.226 e. The van der Waals surface area contributed by atoms with Crippen LogP contribution in [0.5, 0.6) is 0 Å². The Labute approximate surface area is 193 Å². The van der Waals surface area contributed by atoms with Crippen molar-refractivity contribution in [3.8, 4) is 22.0 Å². The number of carbonyl (C=O) groups is 1. The quantitative estimate of drug-likeness (QED) is 0.335. The van der Waals surface area contributed by atoms with Crippen molar-refractivity contribution in [2.24, 2.45) is 7.05 Å². The average molecular weight is 460 g/mol. The van der Waals surface area contributed by atoms with Crippen LogP contribution in [0.25, 0.3) is 32.2 Å². The van der Waals surface area contributed by atoms with Crippen molar-refractivity contribution in [2.75, 3.05) is 5.32 Å². The van der Waals surface area contributed by atoms with E-state index in [1.165, 1.54) is 16.0 Å². The summed E-state index contributed by atoms with van der Waals surface area (Å²) in [6.45, 7) is 0. The summed E-state index contributed by atoms with van der Waals surface area (Å²) in [6.07, 6.45) is 5.63. The summed E-state index contributed by atoms with van der Waals surface area (Å²) < 4.78 is 3.15. The zero-order chi connectivity index (χ0) is 21.9. The van der Waals surface area contributed by atoms with Crippen molar-refractivity contribution in [3.05, 3.63) is 72.0 Å². The minimum Gasteiger partial charge on any atom is -0.333 e. The Morgan fingerprint density at radius 2 is 1.84 bits per heavy atom. The molecule has 0 bridgehead atoms. The third kappa shape index (κ3) is 4.32. The lowest BCUT2D eigenvalue weighted by Crippen LogP contribution is -2.11. The van der Waals surface area contributed by atoms with E-state index >= 15 is 0 Å². The molecule has 5 rings (SSSR count). The largest absolute Gasteiger partial charge is 0.333 e. The van der Waals surface area contributed by atoms with Gasteiger partial charge in [0.05, 0.1) is 25.8 Å². The first-order chi connectivity index (χ1) is 15.7. The molecular weight excluding hydrogens is 438 g/mol. The summed E-state index contributed by atoms with van der Waals surface area (Å²) in [5.74, 6) is 0.795. The summed E-state index contributed by atoms with van der Waals surface area (Å²) in [5, 5.41) is 4.64. The molecule has 0 saturated carbocycles. The minimum atomic E-state index is -0.0362. The predicted molar refractivity (Wildman–Crippen MR) is 131 cm³/mol. The van der Waals surface area contributed by atoms with E-state index in [1.807, 2.05) is 66.3 Å². The average Bonchev–Trinajstić information content (AvgIpc) is 3.52. The predicted octanol–water partition coefficient (Wildman–Crippen LogP) is 5.78. The molecule has 0 atom stereocenters. The lowest BCUT2D eigenvalue weighted by Gasteiger charge is -2.02. The number of benzene rings is 2. The SMILES string of the molecule is Cn1ccnc1-c1sc(NC(=O)CCCc2nc3ccccc3s2)nc1-c1ccccc1. The van der Waals surface area contributed by atoms with E-state index in [2.05, 4.69) is 21.4 Å². The molecule has 0 unspecified atom stereocenters. The van der Waals surface area contributed by atoms with Crippen molar-refractivity contribution in [1.82, 2.24) is 19.5 Å². The monoisotopic (exact) mass is 459 g/mol. The molecule has 6 nitrogen and oxygen atoms in total. The van der Waals surface area contributed by atoms with Gasteiger partial charge in [-0.25, -0.2) is 15.0 Å². The highest BCUT2D eigenvalue weighted by Crippen LogP contribution is 2.38. The summed E-state index contributed by atoms with van der Waals surface area (Å²) >= 11 is 3.14. The number of rotatable bonds is 7. The van der Waals surface area contributed by atoms with E-state index in [1.54, 1.807) is 17.5 Å². The number of aromatic nitrogens is 4. The van der Waals surface area contributed by atoms with Crippen LogP contribution in [0.15, 0.2) is 67.0 Å². The van der Waals surface area contributed by atoms with Crippen LogP contribution < -0.4 is 5.32 Å². The number of amides is 1. The Morgan fingerprint density at radius 3 is 2.62 bits per heavy atom. The maximum absolute atomic E-state index is 12.6. The van der Waals surface area contributed by atoms with Crippen LogP contribution >= 0.6 is 22.7 Å².